The van der Waals surface area contributed by atoms with Gasteiger partial charge in [-0.15, -0.1) is 0 Å². The van der Waals surface area contributed by atoms with E-state index in [9.17, 15) is 14.4 Å². The van der Waals surface area contributed by atoms with Crippen molar-refractivity contribution in [2.75, 3.05) is 33.2 Å². The molecule has 0 bridgehead atoms. The highest BCUT2D eigenvalue weighted by atomic mass is 79.9. The van der Waals surface area contributed by atoms with Crippen molar-refractivity contribution in [2.24, 2.45) is 0 Å². The highest BCUT2D eigenvalue weighted by Gasteiger charge is 2.19. The van der Waals surface area contributed by atoms with Gasteiger partial charge in [0.2, 0.25) is 11.8 Å². The summed E-state index contributed by atoms with van der Waals surface area (Å²) in [6, 6.07) is 3.15. The third-order valence-corrected chi connectivity index (χ3v) is 4.06. The van der Waals surface area contributed by atoms with Crippen LogP contribution < -0.4 is 5.32 Å². The van der Waals surface area contributed by atoms with Gasteiger partial charge in [0.05, 0.1) is 6.54 Å². The molecule has 1 saturated heterocycles. The first-order valence-electron chi connectivity index (χ1n) is 7.52. The zero-order valence-corrected chi connectivity index (χ0v) is 14.6. The highest BCUT2D eigenvalue weighted by molar-refractivity contribution is 9.10. The SMILES string of the molecule is CN(CC(=O)NCCC(=O)N1CCCC1)C(=O)c1ccc(Br)o1. The molecule has 2 heterocycles. The summed E-state index contributed by atoms with van der Waals surface area (Å²) in [5.74, 6) is -0.455. The Balaban J connectivity index is 1.69. The Bertz CT molecular complexity index is 581. The van der Waals surface area contributed by atoms with E-state index in [0.29, 0.717) is 4.67 Å². The van der Waals surface area contributed by atoms with Gasteiger partial charge in [0.1, 0.15) is 0 Å². The van der Waals surface area contributed by atoms with E-state index >= 15 is 0 Å². The Kier molecular flexibility index (Phi) is 6.20. The molecule has 0 radical (unpaired) electrons. The molecule has 23 heavy (non-hydrogen) atoms. The lowest BCUT2D eigenvalue weighted by atomic mass is 10.3. The first kappa shape index (κ1) is 17.5. The average molecular weight is 386 g/mol. The molecule has 1 aromatic rings. The second-order valence-electron chi connectivity index (χ2n) is 5.45. The quantitative estimate of drug-likeness (QED) is 0.798. The van der Waals surface area contributed by atoms with Gasteiger partial charge >= 0.3 is 0 Å². The molecule has 0 spiro atoms. The Labute approximate surface area is 143 Å². The van der Waals surface area contributed by atoms with Crippen LogP contribution in [0.15, 0.2) is 21.2 Å². The fourth-order valence-electron chi connectivity index (χ4n) is 2.39. The first-order valence-corrected chi connectivity index (χ1v) is 8.32. The third-order valence-electron chi connectivity index (χ3n) is 3.63. The Morgan fingerprint density at radius 1 is 1.30 bits per heavy atom. The van der Waals surface area contributed by atoms with Crippen molar-refractivity contribution in [3.8, 4) is 0 Å². The largest absolute Gasteiger partial charge is 0.444 e. The summed E-state index contributed by atoms with van der Waals surface area (Å²) in [5, 5.41) is 2.66. The Morgan fingerprint density at radius 3 is 2.61 bits per heavy atom. The van der Waals surface area contributed by atoms with Gasteiger partial charge in [0.15, 0.2) is 10.4 Å². The lowest BCUT2D eigenvalue weighted by molar-refractivity contribution is -0.130. The topological polar surface area (TPSA) is 82.9 Å². The summed E-state index contributed by atoms with van der Waals surface area (Å²) in [6.45, 7) is 1.81. The molecule has 7 nitrogen and oxygen atoms in total. The van der Waals surface area contributed by atoms with E-state index in [-0.39, 0.29) is 43.0 Å². The minimum absolute atomic E-state index is 0.0627. The summed E-state index contributed by atoms with van der Waals surface area (Å²) in [7, 11) is 1.52. The van der Waals surface area contributed by atoms with Gasteiger partial charge < -0.3 is 19.5 Å². The lowest BCUT2D eigenvalue weighted by Gasteiger charge is -2.17. The lowest BCUT2D eigenvalue weighted by Crippen LogP contribution is -2.39. The predicted octanol–water partition coefficient (Wildman–Crippen LogP) is 1.24. The molecular weight excluding hydrogens is 366 g/mol. The smallest absolute Gasteiger partial charge is 0.289 e. The van der Waals surface area contributed by atoms with Crippen molar-refractivity contribution in [2.45, 2.75) is 19.3 Å². The molecule has 1 aromatic heterocycles. The van der Waals surface area contributed by atoms with Gasteiger partial charge in [-0.05, 0) is 40.9 Å². The normalized spacial score (nSPS) is 13.9. The van der Waals surface area contributed by atoms with E-state index in [1.54, 1.807) is 6.07 Å². The highest BCUT2D eigenvalue weighted by Crippen LogP contribution is 2.15. The van der Waals surface area contributed by atoms with Gasteiger partial charge in [0.25, 0.3) is 5.91 Å². The number of furan rings is 1. The summed E-state index contributed by atoms with van der Waals surface area (Å²) in [6.07, 6.45) is 2.39. The molecule has 126 valence electrons. The van der Waals surface area contributed by atoms with Crippen molar-refractivity contribution in [1.29, 1.82) is 0 Å². The van der Waals surface area contributed by atoms with E-state index in [4.69, 9.17) is 4.42 Å². The van der Waals surface area contributed by atoms with Crippen molar-refractivity contribution in [3.05, 3.63) is 22.6 Å². The van der Waals surface area contributed by atoms with E-state index in [1.807, 2.05) is 4.90 Å². The molecule has 1 aliphatic heterocycles. The number of carbonyl (C=O) groups is 3. The second-order valence-corrected chi connectivity index (χ2v) is 6.23. The molecule has 2 rings (SSSR count). The third kappa shape index (κ3) is 5.09. The van der Waals surface area contributed by atoms with Crippen molar-refractivity contribution in [1.82, 2.24) is 15.1 Å². The van der Waals surface area contributed by atoms with Crippen LogP contribution in [0.1, 0.15) is 29.8 Å². The number of likely N-dealkylation sites (N-methyl/N-ethyl adjacent to an activating group) is 1. The molecular formula is C15H20BrN3O4. The predicted molar refractivity (Wildman–Crippen MR) is 86.8 cm³/mol. The molecule has 1 N–H and O–H groups in total. The molecule has 0 atom stereocenters. The van der Waals surface area contributed by atoms with Crippen molar-refractivity contribution in [3.63, 3.8) is 0 Å². The number of hydrogen-bond donors (Lipinski definition) is 1. The number of likely N-dealkylation sites (tertiary alicyclic amines) is 1. The van der Waals surface area contributed by atoms with Crippen LogP contribution in [-0.4, -0.2) is 60.7 Å². The maximum absolute atomic E-state index is 12.0. The molecule has 0 aromatic carbocycles. The molecule has 1 fully saturated rings. The van der Waals surface area contributed by atoms with E-state index in [1.165, 1.54) is 18.0 Å². The van der Waals surface area contributed by atoms with Crippen LogP contribution in [0.25, 0.3) is 0 Å². The molecule has 1 aliphatic rings. The van der Waals surface area contributed by atoms with Crippen LogP contribution in [-0.2, 0) is 9.59 Å². The number of carbonyl (C=O) groups excluding carboxylic acids is 3. The van der Waals surface area contributed by atoms with Crippen LogP contribution in [0, 0.1) is 0 Å². The van der Waals surface area contributed by atoms with Crippen LogP contribution in [0.4, 0.5) is 0 Å². The number of amides is 3. The minimum atomic E-state index is -0.376. The molecule has 3 amide bonds. The van der Waals surface area contributed by atoms with Gasteiger partial charge in [-0.1, -0.05) is 0 Å². The fourth-order valence-corrected chi connectivity index (χ4v) is 2.70. The number of halogens is 1. The average Bonchev–Trinajstić information content (AvgIpc) is 3.17. The molecule has 0 aliphatic carbocycles. The summed E-state index contributed by atoms with van der Waals surface area (Å²) < 4.78 is 5.62. The first-order chi connectivity index (χ1) is 11.0. The maximum atomic E-state index is 12.0. The van der Waals surface area contributed by atoms with Gasteiger partial charge in [-0.3, -0.25) is 14.4 Å². The van der Waals surface area contributed by atoms with E-state index in [0.717, 1.165) is 25.9 Å². The molecule has 8 heteroatoms. The summed E-state index contributed by atoms with van der Waals surface area (Å²) in [4.78, 5) is 38.8. The zero-order valence-electron chi connectivity index (χ0n) is 13.0. The Morgan fingerprint density at radius 2 is 2.00 bits per heavy atom. The number of hydrogen-bond acceptors (Lipinski definition) is 4. The number of nitrogens with one attached hydrogen (secondary N) is 1. The number of nitrogens with zero attached hydrogens (tertiary/aromatic N) is 2. The van der Waals surface area contributed by atoms with Crippen molar-refractivity contribution < 1.29 is 18.8 Å². The van der Waals surface area contributed by atoms with Gasteiger partial charge in [-0.2, -0.15) is 0 Å². The molecule has 0 saturated carbocycles. The maximum Gasteiger partial charge on any atom is 0.289 e. The fraction of sp³-hybridized carbons (Fsp3) is 0.533. The van der Waals surface area contributed by atoms with Crippen LogP contribution in [0.3, 0.4) is 0 Å². The second kappa shape index (κ2) is 8.14. The van der Waals surface area contributed by atoms with Gasteiger partial charge in [-0.25, -0.2) is 0 Å². The van der Waals surface area contributed by atoms with Crippen molar-refractivity contribution >= 4 is 33.7 Å². The monoisotopic (exact) mass is 385 g/mol. The zero-order chi connectivity index (χ0) is 16.8. The summed E-state index contributed by atoms with van der Waals surface area (Å²) in [5.41, 5.74) is 0. The molecule has 0 unspecified atom stereocenters. The van der Waals surface area contributed by atoms with E-state index < -0.39 is 0 Å². The van der Waals surface area contributed by atoms with Crippen LogP contribution in [0.2, 0.25) is 0 Å². The Hall–Kier alpha value is -1.83. The minimum Gasteiger partial charge on any atom is -0.444 e. The number of rotatable bonds is 6. The van der Waals surface area contributed by atoms with Crippen LogP contribution in [0.5, 0.6) is 0 Å². The summed E-state index contributed by atoms with van der Waals surface area (Å²) >= 11 is 3.12. The standard InChI is InChI=1S/C15H20BrN3O4/c1-18(15(22)11-4-5-12(16)23-11)10-13(20)17-7-6-14(21)19-8-2-3-9-19/h4-5H,2-3,6-10H2,1H3,(H,17,20). The van der Waals surface area contributed by atoms with Gasteiger partial charge in [0, 0.05) is 33.1 Å². The van der Waals surface area contributed by atoms with Crippen LogP contribution >= 0.6 is 15.9 Å². The van der Waals surface area contributed by atoms with E-state index in [2.05, 4.69) is 21.2 Å².